The van der Waals surface area contributed by atoms with Gasteiger partial charge in [-0.15, -0.1) is 0 Å². The number of ketones is 1. The molecule has 0 radical (unpaired) electrons. The molecule has 2 aromatic rings. The third-order valence-electron chi connectivity index (χ3n) is 3.73. The fourth-order valence-electron chi connectivity index (χ4n) is 2.52. The van der Waals surface area contributed by atoms with Gasteiger partial charge in [0.05, 0.1) is 5.92 Å². The molecule has 3 heteroatoms. The average molecular weight is 334 g/mol. The summed E-state index contributed by atoms with van der Waals surface area (Å²) in [6.07, 6.45) is 0.274. The van der Waals surface area contributed by atoms with Gasteiger partial charge in [-0.05, 0) is 39.0 Å². The van der Waals surface area contributed by atoms with Crippen LogP contribution in [0.5, 0.6) is 5.75 Å². The lowest BCUT2D eigenvalue weighted by Gasteiger charge is -2.15. The Labute approximate surface area is 149 Å². The minimum absolute atomic E-state index is 0.0403. The van der Waals surface area contributed by atoms with E-state index in [9.17, 15) is 9.59 Å². The van der Waals surface area contributed by atoms with Crippen LogP contribution in [0.15, 0.2) is 42.5 Å². The number of Topliss-reactive ketones (excluding diaryl/α,β-unsaturated/α-hetero) is 1. The van der Waals surface area contributed by atoms with Crippen LogP contribution in [-0.4, -0.2) is 11.8 Å². The van der Waals surface area contributed by atoms with Crippen molar-refractivity contribution in [2.24, 2.45) is 0 Å². The SMILES string of the molecule is CC(=O)CC(C#Cc1ccc(C)cc1)c1cc(C)ccc1OC(C)=O. The highest BCUT2D eigenvalue weighted by molar-refractivity contribution is 5.77. The summed E-state index contributed by atoms with van der Waals surface area (Å²) in [5, 5.41) is 0. The Bertz CT molecular complexity index is 836. The minimum atomic E-state index is -0.391. The largest absolute Gasteiger partial charge is 0.426 e. The maximum atomic E-state index is 11.7. The molecule has 0 fully saturated rings. The van der Waals surface area contributed by atoms with E-state index in [1.807, 2.05) is 50.2 Å². The number of benzene rings is 2. The number of carbonyl (C=O) groups excluding carboxylic acids is 2. The summed E-state index contributed by atoms with van der Waals surface area (Å²) in [6, 6.07) is 13.5. The van der Waals surface area contributed by atoms with Crippen LogP contribution >= 0.6 is 0 Å². The molecule has 0 heterocycles. The van der Waals surface area contributed by atoms with Gasteiger partial charge in [0.1, 0.15) is 11.5 Å². The number of ether oxygens (including phenoxy) is 1. The smallest absolute Gasteiger partial charge is 0.308 e. The molecule has 0 saturated heterocycles. The van der Waals surface area contributed by atoms with Gasteiger partial charge in [0.2, 0.25) is 0 Å². The van der Waals surface area contributed by atoms with Crippen LogP contribution in [0.4, 0.5) is 0 Å². The first-order chi connectivity index (χ1) is 11.8. The number of hydrogen-bond acceptors (Lipinski definition) is 3. The molecule has 0 spiro atoms. The highest BCUT2D eigenvalue weighted by Crippen LogP contribution is 2.30. The van der Waals surface area contributed by atoms with E-state index >= 15 is 0 Å². The molecule has 2 rings (SSSR count). The normalized spacial score (nSPS) is 11.2. The molecule has 0 aliphatic heterocycles. The van der Waals surface area contributed by atoms with Crippen molar-refractivity contribution in [2.45, 2.75) is 40.0 Å². The van der Waals surface area contributed by atoms with Gasteiger partial charge in [0, 0.05) is 24.5 Å². The number of carbonyl (C=O) groups is 2. The van der Waals surface area contributed by atoms with Crippen LogP contribution < -0.4 is 4.74 Å². The Balaban J connectivity index is 2.44. The van der Waals surface area contributed by atoms with Crippen LogP contribution in [0.1, 0.15) is 48.4 Å². The molecule has 25 heavy (non-hydrogen) atoms. The minimum Gasteiger partial charge on any atom is -0.426 e. The van der Waals surface area contributed by atoms with E-state index in [1.165, 1.54) is 12.5 Å². The molecule has 2 aromatic carbocycles. The zero-order chi connectivity index (χ0) is 18.4. The maximum Gasteiger partial charge on any atom is 0.308 e. The van der Waals surface area contributed by atoms with Gasteiger partial charge in [0.25, 0.3) is 0 Å². The van der Waals surface area contributed by atoms with Crippen molar-refractivity contribution < 1.29 is 14.3 Å². The number of hydrogen-bond donors (Lipinski definition) is 0. The van der Waals surface area contributed by atoms with E-state index in [2.05, 4.69) is 11.8 Å². The second-order valence-corrected chi connectivity index (χ2v) is 6.23. The van der Waals surface area contributed by atoms with Gasteiger partial charge in [-0.1, -0.05) is 47.2 Å². The Morgan fingerprint density at radius 3 is 2.24 bits per heavy atom. The average Bonchev–Trinajstić information content (AvgIpc) is 2.54. The molecule has 0 aliphatic carbocycles. The zero-order valence-corrected chi connectivity index (χ0v) is 15.1. The van der Waals surface area contributed by atoms with Crippen molar-refractivity contribution >= 4 is 11.8 Å². The van der Waals surface area contributed by atoms with Gasteiger partial charge >= 0.3 is 5.97 Å². The highest BCUT2D eigenvalue weighted by Gasteiger charge is 2.18. The van der Waals surface area contributed by atoms with Crippen LogP contribution in [0.3, 0.4) is 0 Å². The van der Waals surface area contributed by atoms with Gasteiger partial charge in [-0.25, -0.2) is 0 Å². The summed E-state index contributed by atoms with van der Waals surface area (Å²) < 4.78 is 5.31. The van der Waals surface area contributed by atoms with Crippen LogP contribution in [-0.2, 0) is 9.59 Å². The molecule has 1 atom stereocenters. The predicted molar refractivity (Wildman–Crippen MR) is 98.6 cm³/mol. The lowest BCUT2D eigenvalue weighted by Crippen LogP contribution is -2.09. The van der Waals surface area contributed by atoms with Crippen molar-refractivity contribution in [3.05, 3.63) is 64.7 Å². The molecule has 0 bridgehead atoms. The van der Waals surface area contributed by atoms with Gasteiger partial charge in [-0.2, -0.15) is 0 Å². The zero-order valence-electron chi connectivity index (χ0n) is 15.1. The van der Waals surface area contributed by atoms with Crippen molar-refractivity contribution in [3.63, 3.8) is 0 Å². The van der Waals surface area contributed by atoms with Gasteiger partial charge < -0.3 is 4.74 Å². The summed E-state index contributed by atoms with van der Waals surface area (Å²) in [5.74, 6) is 6.10. The summed E-state index contributed by atoms with van der Waals surface area (Å²) in [5.41, 5.74) is 3.85. The van der Waals surface area contributed by atoms with Crippen molar-refractivity contribution in [2.75, 3.05) is 0 Å². The Hall–Kier alpha value is -2.86. The summed E-state index contributed by atoms with van der Waals surface area (Å²) in [4.78, 5) is 23.1. The third-order valence-corrected chi connectivity index (χ3v) is 3.73. The molecule has 0 aliphatic rings. The molecule has 128 valence electrons. The maximum absolute atomic E-state index is 11.7. The van der Waals surface area contributed by atoms with E-state index in [0.717, 1.165) is 16.7 Å². The molecule has 1 unspecified atom stereocenters. The fraction of sp³-hybridized carbons (Fsp3) is 0.273. The Kier molecular flexibility index (Phi) is 6.14. The standard InChI is InChI=1S/C22H22O3/c1-15-5-8-19(9-6-15)10-11-20(14-17(3)23)21-13-16(2)7-12-22(21)25-18(4)24/h5-9,12-13,20H,14H2,1-4H3. The first-order valence-corrected chi connectivity index (χ1v) is 8.22. The lowest BCUT2D eigenvalue weighted by molar-refractivity contribution is -0.131. The molecule has 0 amide bonds. The molecule has 0 aromatic heterocycles. The van der Waals surface area contributed by atoms with Crippen molar-refractivity contribution in [1.29, 1.82) is 0 Å². The van der Waals surface area contributed by atoms with Crippen LogP contribution in [0, 0.1) is 25.7 Å². The topological polar surface area (TPSA) is 43.4 Å². The van der Waals surface area contributed by atoms with E-state index < -0.39 is 5.97 Å². The van der Waals surface area contributed by atoms with Gasteiger partial charge in [-0.3, -0.25) is 9.59 Å². The first kappa shape index (κ1) is 18.5. The summed E-state index contributed by atoms with van der Waals surface area (Å²) in [6.45, 7) is 6.89. The fourth-order valence-corrected chi connectivity index (χ4v) is 2.52. The van der Waals surface area contributed by atoms with E-state index in [4.69, 9.17) is 4.74 Å². The Morgan fingerprint density at radius 2 is 1.64 bits per heavy atom. The second-order valence-electron chi connectivity index (χ2n) is 6.23. The quantitative estimate of drug-likeness (QED) is 0.474. The van der Waals surface area contributed by atoms with Gasteiger partial charge in [0.15, 0.2) is 0 Å². The van der Waals surface area contributed by atoms with Crippen LogP contribution in [0.25, 0.3) is 0 Å². The first-order valence-electron chi connectivity index (χ1n) is 8.22. The number of aryl methyl sites for hydroxylation is 2. The van der Waals surface area contributed by atoms with Crippen molar-refractivity contribution in [1.82, 2.24) is 0 Å². The molecule has 0 N–H and O–H groups in total. The van der Waals surface area contributed by atoms with E-state index in [0.29, 0.717) is 5.75 Å². The number of rotatable bonds is 4. The highest BCUT2D eigenvalue weighted by atomic mass is 16.5. The summed E-state index contributed by atoms with van der Waals surface area (Å²) in [7, 11) is 0. The Morgan fingerprint density at radius 1 is 1.00 bits per heavy atom. The summed E-state index contributed by atoms with van der Waals surface area (Å²) >= 11 is 0. The molecular formula is C22H22O3. The number of esters is 1. The molecule has 0 saturated carbocycles. The van der Waals surface area contributed by atoms with E-state index in [-0.39, 0.29) is 18.1 Å². The lowest BCUT2D eigenvalue weighted by atomic mass is 9.92. The predicted octanol–water partition coefficient (Wildman–Crippen LogP) is 4.34. The third kappa shape index (κ3) is 5.61. The monoisotopic (exact) mass is 334 g/mol. The molecular weight excluding hydrogens is 312 g/mol. The molecule has 3 nitrogen and oxygen atoms in total. The van der Waals surface area contributed by atoms with Crippen LogP contribution in [0.2, 0.25) is 0 Å². The van der Waals surface area contributed by atoms with Crippen molar-refractivity contribution in [3.8, 4) is 17.6 Å². The van der Waals surface area contributed by atoms with E-state index in [1.54, 1.807) is 13.0 Å². The second kappa shape index (κ2) is 8.30.